The van der Waals surface area contributed by atoms with E-state index in [4.69, 9.17) is 15.2 Å². The maximum Gasteiger partial charge on any atom is 0.361 e. The molecule has 17 heavy (non-hydrogen) atoms. The van der Waals surface area contributed by atoms with Crippen molar-refractivity contribution < 1.29 is 14.3 Å². The highest BCUT2D eigenvalue weighted by Gasteiger charge is 2.20. The van der Waals surface area contributed by atoms with Crippen LogP contribution in [-0.4, -0.2) is 35.6 Å². The molecular weight excluding hydrogens is 222 g/mol. The van der Waals surface area contributed by atoms with Gasteiger partial charge in [-0.2, -0.15) is 5.10 Å². The Kier molecular flexibility index (Phi) is 3.63. The van der Waals surface area contributed by atoms with Crippen molar-refractivity contribution in [2.24, 2.45) is 5.92 Å². The first-order valence-electron chi connectivity index (χ1n) is 5.78. The topological polar surface area (TPSA) is 79.4 Å². The third kappa shape index (κ3) is 2.76. The van der Waals surface area contributed by atoms with Crippen LogP contribution < -0.4 is 5.73 Å². The highest BCUT2D eigenvalue weighted by Crippen LogP contribution is 2.15. The fourth-order valence-electron chi connectivity index (χ4n) is 1.73. The van der Waals surface area contributed by atoms with Crippen molar-refractivity contribution in [2.45, 2.75) is 19.9 Å². The quantitative estimate of drug-likeness (QED) is 0.781. The molecule has 1 aromatic heterocycles. The number of aromatic nitrogens is 2. The summed E-state index contributed by atoms with van der Waals surface area (Å²) in [5.74, 6) is -0.157. The number of nitrogens with zero attached hydrogens (tertiary/aromatic N) is 2. The summed E-state index contributed by atoms with van der Waals surface area (Å²) < 4.78 is 12.0. The van der Waals surface area contributed by atoms with Gasteiger partial charge in [-0.15, -0.1) is 0 Å². The van der Waals surface area contributed by atoms with Crippen LogP contribution in [0.1, 0.15) is 23.8 Å². The number of anilines is 1. The number of esters is 1. The molecule has 1 atom stereocenters. The molecule has 0 aromatic carbocycles. The number of nitrogen functional groups attached to an aromatic ring is 1. The summed E-state index contributed by atoms with van der Waals surface area (Å²) in [4.78, 5) is 11.7. The first-order valence-corrected chi connectivity index (χ1v) is 5.78. The van der Waals surface area contributed by atoms with E-state index in [9.17, 15) is 4.79 Å². The number of carbonyl (C=O) groups is 1. The molecule has 1 fully saturated rings. The van der Waals surface area contributed by atoms with E-state index < -0.39 is 5.97 Å². The lowest BCUT2D eigenvalue weighted by atomic mass is 10.1. The van der Waals surface area contributed by atoms with E-state index in [1.54, 1.807) is 10.9 Å². The zero-order valence-corrected chi connectivity index (χ0v) is 9.89. The van der Waals surface area contributed by atoms with Crippen molar-refractivity contribution in [3.05, 3.63) is 11.9 Å². The average Bonchev–Trinajstić information content (AvgIpc) is 2.94. The SMILES string of the molecule is CCn1cc(N)c(C(=O)OCC2CCOC2)n1. The molecule has 0 saturated carbocycles. The fraction of sp³-hybridized carbons (Fsp3) is 0.636. The first-order chi connectivity index (χ1) is 8.20. The minimum Gasteiger partial charge on any atom is -0.460 e. The number of carbonyl (C=O) groups excluding carboxylic acids is 1. The van der Waals surface area contributed by atoms with E-state index in [0.29, 0.717) is 31.4 Å². The number of hydrogen-bond acceptors (Lipinski definition) is 5. The smallest absolute Gasteiger partial charge is 0.361 e. The molecular formula is C11H17N3O3. The third-order valence-electron chi connectivity index (χ3n) is 2.78. The molecule has 0 aliphatic carbocycles. The summed E-state index contributed by atoms with van der Waals surface area (Å²) in [6.45, 7) is 4.38. The van der Waals surface area contributed by atoms with Gasteiger partial charge in [0.25, 0.3) is 0 Å². The molecule has 0 spiro atoms. The molecule has 6 heteroatoms. The van der Waals surface area contributed by atoms with Gasteiger partial charge >= 0.3 is 5.97 Å². The van der Waals surface area contributed by atoms with E-state index in [2.05, 4.69) is 5.10 Å². The van der Waals surface area contributed by atoms with Crippen LogP contribution in [0.5, 0.6) is 0 Å². The predicted molar refractivity (Wildman–Crippen MR) is 61.5 cm³/mol. The molecule has 1 aliphatic heterocycles. The van der Waals surface area contributed by atoms with Crippen LogP contribution in [0.4, 0.5) is 5.69 Å². The Hall–Kier alpha value is -1.56. The van der Waals surface area contributed by atoms with Crippen molar-refractivity contribution in [3.8, 4) is 0 Å². The van der Waals surface area contributed by atoms with Crippen LogP contribution in [0.3, 0.4) is 0 Å². The highest BCUT2D eigenvalue weighted by molar-refractivity contribution is 5.92. The van der Waals surface area contributed by atoms with Crippen LogP contribution in [0, 0.1) is 5.92 Å². The van der Waals surface area contributed by atoms with Gasteiger partial charge in [-0.3, -0.25) is 4.68 Å². The lowest BCUT2D eigenvalue weighted by Crippen LogP contribution is -2.15. The molecule has 0 bridgehead atoms. The molecule has 0 radical (unpaired) electrons. The van der Waals surface area contributed by atoms with E-state index in [-0.39, 0.29) is 5.69 Å². The minimum atomic E-state index is -0.457. The van der Waals surface area contributed by atoms with E-state index >= 15 is 0 Å². The monoisotopic (exact) mass is 239 g/mol. The molecule has 2 N–H and O–H groups in total. The first kappa shape index (κ1) is 11.9. The van der Waals surface area contributed by atoms with Crippen molar-refractivity contribution in [1.29, 1.82) is 0 Å². The van der Waals surface area contributed by atoms with Crippen molar-refractivity contribution >= 4 is 11.7 Å². The fourth-order valence-corrected chi connectivity index (χ4v) is 1.73. The van der Waals surface area contributed by atoms with Gasteiger partial charge in [-0.1, -0.05) is 0 Å². The Morgan fingerprint density at radius 1 is 1.76 bits per heavy atom. The second kappa shape index (κ2) is 5.18. The van der Waals surface area contributed by atoms with Crippen molar-refractivity contribution in [1.82, 2.24) is 9.78 Å². The normalized spacial score (nSPS) is 19.5. The largest absolute Gasteiger partial charge is 0.460 e. The number of nitrogens with two attached hydrogens (primary N) is 1. The van der Waals surface area contributed by atoms with Crippen LogP contribution >= 0.6 is 0 Å². The maximum atomic E-state index is 11.7. The molecule has 0 amide bonds. The van der Waals surface area contributed by atoms with Gasteiger partial charge < -0.3 is 15.2 Å². The molecule has 1 unspecified atom stereocenters. The Bertz CT molecular complexity index is 397. The minimum absolute atomic E-state index is 0.200. The zero-order valence-electron chi connectivity index (χ0n) is 9.89. The van der Waals surface area contributed by atoms with E-state index in [0.717, 1.165) is 13.0 Å². The van der Waals surface area contributed by atoms with Gasteiger partial charge in [0.2, 0.25) is 0 Å². The maximum absolute atomic E-state index is 11.7. The Balaban J connectivity index is 1.91. The molecule has 1 aliphatic rings. The number of ether oxygens (including phenoxy) is 2. The van der Waals surface area contributed by atoms with Crippen molar-refractivity contribution in [2.75, 3.05) is 25.6 Å². The third-order valence-corrected chi connectivity index (χ3v) is 2.78. The molecule has 1 saturated heterocycles. The van der Waals surface area contributed by atoms with Gasteiger partial charge in [0.15, 0.2) is 5.69 Å². The second-order valence-corrected chi connectivity index (χ2v) is 4.12. The number of aryl methyl sites for hydroxylation is 1. The van der Waals surface area contributed by atoms with E-state index in [1.165, 1.54) is 0 Å². The summed E-state index contributed by atoms with van der Waals surface area (Å²) >= 11 is 0. The number of hydrogen-bond donors (Lipinski definition) is 1. The Labute approximate surface area is 99.7 Å². The standard InChI is InChI=1S/C11H17N3O3/c1-2-14-5-9(12)10(13-14)11(15)17-7-8-3-4-16-6-8/h5,8H,2-4,6-7,12H2,1H3. The molecule has 2 rings (SSSR count). The lowest BCUT2D eigenvalue weighted by Gasteiger charge is -2.07. The summed E-state index contributed by atoms with van der Waals surface area (Å²) in [7, 11) is 0. The lowest BCUT2D eigenvalue weighted by molar-refractivity contribution is 0.0421. The van der Waals surface area contributed by atoms with Crippen molar-refractivity contribution in [3.63, 3.8) is 0 Å². The molecule has 2 heterocycles. The van der Waals surface area contributed by atoms with E-state index in [1.807, 2.05) is 6.92 Å². The molecule has 6 nitrogen and oxygen atoms in total. The summed E-state index contributed by atoms with van der Waals surface area (Å²) in [6, 6.07) is 0. The van der Waals surface area contributed by atoms with Gasteiger partial charge in [0.1, 0.15) is 0 Å². The van der Waals surface area contributed by atoms with Gasteiger partial charge in [-0.05, 0) is 13.3 Å². The van der Waals surface area contributed by atoms with Gasteiger partial charge in [0.05, 0.1) is 18.9 Å². The highest BCUT2D eigenvalue weighted by atomic mass is 16.5. The van der Waals surface area contributed by atoms with Crippen LogP contribution in [0.25, 0.3) is 0 Å². The predicted octanol–water partition coefficient (Wildman–Crippen LogP) is 0.678. The molecule has 1 aromatic rings. The Morgan fingerprint density at radius 3 is 3.18 bits per heavy atom. The van der Waals surface area contributed by atoms with Gasteiger partial charge in [-0.25, -0.2) is 4.79 Å². The van der Waals surface area contributed by atoms with Gasteiger partial charge in [0, 0.05) is 25.3 Å². The summed E-state index contributed by atoms with van der Waals surface area (Å²) in [5.41, 5.74) is 6.25. The Morgan fingerprint density at radius 2 is 2.59 bits per heavy atom. The summed E-state index contributed by atoms with van der Waals surface area (Å²) in [5, 5.41) is 4.06. The molecule has 94 valence electrons. The zero-order chi connectivity index (χ0) is 12.3. The second-order valence-electron chi connectivity index (χ2n) is 4.12. The average molecular weight is 239 g/mol. The van der Waals surface area contributed by atoms with Crippen LogP contribution in [-0.2, 0) is 16.0 Å². The summed E-state index contributed by atoms with van der Waals surface area (Å²) in [6.07, 6.45) is 2.57. The van der Waals surface area contributed by atoms with Crippen LogP contribution in [0.2, 0.25) is 0 Å². The number of rotatable bonds is 4. The van der Waals surface area contributed by atoms with Crippen LogP contribution in [0.15, 0.2) is 6.20 Å².